The monoisotopic (exact) mass is 241 g/mol. The molecule has 0 fully saturated rings. The summed E-state index contributed by atoms with van der Waals surface area (Å²) in [4.78, 5) is 10.1. The minimum absolute atomic E-state index is 0.0138. The summed E-state index contributed by atoms with van der Waals surface area (Å²) in [7, 11) is -3.57. The summed E-state index contributed by atoms with van der Waals surface area (Å²) in [6.07, 6.45) is -1.34. The number of carbonyl (C=O) groups is 1. The van der Waals surface area contributed by atoms with Crippen molar-refractivity contribution in [2.75, 3.05) is 18.9 Å². The van der Waals surface area contributed by atoms with Gasteiger partial charge in [-0.05, 0) is 6.42 Å². The highest BCUT2D eigenvalue weighted by atomic mass is 32.2. The van der Waals surface area contributed by atoms with Gasteiger partial charge in [0, 0.05) is 13.0 Å². The molecular formula is C7H15NO6S. The van der Waals surface area contributed by atoms with Crippen LogP contribution >= 0.6 is 0 Å². The molecule has 0 heterocycles. The van der Waals surface area contributed by atoms with Gasteiger partial charge in [0.15, 0.2) is 0 Å². The highest BCUT2D eigenvalue weighted by Crippen LogP contribution is 1.94. The summed E-state index contributed by atoms with van der Waals surface area (Å²) in [5.74, 6) is -1.36. The summed E-state index contributed by atoms with van der Waals surface area (Å²) in [6, 6.07) is 0. The lowest BCUT2D eigenvalue weighted by molar-refractivity contribution is -0.137. The molecule has 0 aliphatic rings. The maximum absolute atomic E-state index is 11.1. The van der Waals surface area contributed by atoms with Crippen LogP contribution in [0.5, 0.6) is 0 Å². The lowest BCUT2D eigenvalue weighted by Gasteiger charge is -2.09. The second-order valence-electron chi connectivity index (χ2n) is 3.00. The highest BCUT2D eigenvalue weighted by Gasteiger charge is 2.12. The molecule has 8 heteroatoms. The number of hydrogen-bond acceptors (Lipinski definition) is 5. The molecule has 1 unspecified atom stereocenters. The van der Waals surface area contributed by atoms with Gasteiger partial charge in [-0.25, -0.2) is 13.1 Å². The predicted molar refractivity (Wildman–Crippen MR) is 51.8 cm³/mol. The number of aliphatic carboxylic acids is 1. The first-order valence-corrected chi connectivity index (χ1v) is 6.00. The van der Waals surface area contributed by atoms with Crippen LogP contribution in [0.15, 0.2) is 0 Å². The van der Waals surface area contributed by atoms with Gasteiger partial charge in [0.25, 0.3) is 0 Å². The zero-order valence-corrected chi connectivity index (χ0v) is 8.90. The molecule has 0 rings (SSSR count). The van der Waals surface area contributed by atoms with Crippen LogP contribution in [-0.4, -0.2) is 54.7 Å². The molecular weight excluding hydrogens is 226 g/mol. The molecule has 0 aliphatic heterocycles. The van der Waals surface area contributed by atoms with E-state index in [0.717, 1.165) is 0 Å². The number of carboxylic acids is 1. The Hall–Kier alpha value is -0.700. The Kier molecular flexibility index (Phi) is 6.41. The number of nitrogens with one attached hydrogen (secondary N) is 1. The van der Waals surface area contributed by atoms with Crippen molar-refractivity contribution in [3.63, 3.8) is 0 Å². The average Bonchev–Trinajstić information content (AvgIpc) is 2.13. The first-order chi connectivity index (χ1) is 6.87. The molecule has 0 aromatic carbocycles. The van der Waals surface area contributed by atoms with Crippen LogP contribution < -0.4 is 4.72 Å². The van der Waals surface area contributed by atoms with E-state index in [0.29, 0.717) is 0 Å². The van der Waals surface area contributed by atoms with Gasteiger partial charge in [-0.2, -0.15) is 0 Å². The highest BCUT2D eigenvalue weighted by molar-refractivity contribution is 7.89. The van der Waals surface area contributed by atoms with Crippen molar-refractivity contribution in [3.8, 4) is 0 Å². The first kappa shape index (κ1) is 14.3. The molecule has 1 atom stereocenters. The van der Waals surface area contributed by atoms with Crippen molar-refractivity contribution in [1.82, 2.24) is 4.72 Å². The van der Waals surface area contributed by atoms with E-state index in [1.165, 1.54) is 0 Å². The van der Waals surface area contributed by atoms with Gasteiger partial charge in [-0.1, -0.05) is 0 Å². The van der Waals surface area contributed by atoms with E-state index < -0.39 is 28.7 Å². The van der Waals surface area contributed by atoms with Crippen LogP contribution in [0.2, 0.25) is 0 Å². The number of aliphatic hydroxyl groups excluding tert-OH is 2. The Labute approximate surface area is 87.8 Å². The summed E-state index contributed by atoms with van der Waals surface area (Å²) in [6.45, 7) is -0.802. The van der Waals surface area contributed by atoms with Crippen molar-refractivity contribution in [3.05, 3.63) is 0 Å². The van der Waals surface area contributed by atoms with E-state index in [2.05, 4.69) is 4.72 Å². The van der Waals surface area contributed by atoms with E-state index in [4.69, 9.17) is 15.3 Å². The van der Waals surface area contributed by atoms with Gasteiger partial charge in [0.05, 0.1) is 18.5 Å². The zero-order chi connectivity index (χ0) is 11.9. The molecule has 0 aromatic heterocycles. The lowest BCUT2D eigenvalue weighted by atomic mass is 10.3. The van der Waals surface area contributed by atoms with Gasteiger partial charge in [0.1, 0.15) is 0 Å². The van der Waals surface area contributed by atoms with Gasteiger partial charge >= 0.3 is 5.97 Å². The summed E-state index contributed by atoms with van der Waals surface area (Å²) >= 11 is 0. The van der Waals surface area contributed by atoms with Crippen molar-refractivity contribution < 1.29 is 28.5 Å². The molecule has 0 amide bonds. The van der Waals surface area contributed by atoms with Crippen LogP contribution in [-0.2, 0) is 14.8 Å². The predicted octanol–water partition coefficient (Wildman–Crippen LogP) is -1.88. The molecule has 0 saturated carbocycles. The molecule has 0 aliphatic carbocycles. The van der Waals surface area contributed by atoms with Crippen molar-refractivity contribution in [2.45, 2.75) is 18.9 Å². The van der Waals surface area contributed by atoms with Crippen LogP contribution in [0.1, 0.15) is 12.8 Å². The number of sulfonamides is 1. The standard InChI is InChI=1S/C7H15NO6S/c9-5-6(10)4-8-15(13,14)3-1-2-7(11)12/h6,8-10H,1-5H2,(H,11,12). The zero-order valence-electron chi connectivity index (χ0n) is 8.09. The summed E-state index contributed by atoms with van der Waals surface area (Å²) in [5, 5.41) is 25.6. The fourth-order valence-corrected chi connectivity index (χ4v) is 1.89. The minimum Gasteiger partial charge on any atom is -0.481 e. The van der Waals surface area contributed by atoms with Crippen LogP contribution in [0, 0.1) is 0 Å². The normalized spacial score (nSPS) is 13.7. The van der Waals surface area contributed by atoms with Crippen molar-refractivity contribution >= 4 is 16.0 Å². The lowest BCUT2D eigenvalue weighted by Crippen LogP contribution is -2.35. The Bertz CT molecular complexity index is 288. The number of aliphatic hydroxyl groups is 2. The second-order valence-corrected chi connectivity index (χ2v) is 4.93. The molecule has 0 radical (unpaired) electrons. The third-order valence-corrected chi connectivity index (χ3v) is 2.99. The molecule has 90 valence electrons. The Balaban J connectivity index is 3.82. The quantitative estimate of drug-likeness (QED) is 0.394. The Morgan fingerprint density at radius 1 is 1.40 bits per heavy atom. The minimum atomic E-state index is -3.57. The molecule has 7 nitrogen and oxygen atoms in total. The Morgan fingerprint density at radius 3 is 2.47 bits per heavy atom. The van der Waals surface area contributed by atoms with Gasteiger partial charge in [0.2, 0.25) is 10.0 Å². The number of rotatable bonds is 8. The number of hydrogen-bond donors (Lipinski definition) is 4. The molecule has 0 bridgehead atoms. The maximum Gasteiger partial charge on any atom is 0.303 e. The third kappa shape index (κ3) is 8.30. The molecule has 15 heavy (non-hydrogen) atoms. The van der Waals surface area contributed by atoms with Crippen LogP contribution in [0.25, 0.3) is 0 Å². The van der Waals surface area contributed by atoms with E-state index in [9.17, 15) is 13.2 Å². The van der Waals surface area contributed by atoms with E-state index in [1.54, 1.807) is 0 Å². The third-order valence-electron chi connectivity index (χ3n) is 1.55. The maximum atomic E-state index is 11.1. The first-order valence-electron chi connectivity index (χ1n) is 4.35. The summed E-state index contributed by atoms with van der Waals surface area (Å²) < 4.78 is 24.3. The van der Waals surface area contributed by atoms with E-state index in [1.807, 2.05) is 0 Å². The number of carboxylic acid groups (broad SMARTS) is 1. The fourth-order valence-electron chi connectivity index (χ4n) is 0.773. The Morgan fingerprint density at radius 2 is 2.00 bits per heavy atom. The van der Waals surface area contributed by atoms with Gasteiger partial charge in [-0.3, -0.25) is 4.79 Å². The fraction of sp³-hybridized carbons (Fsp3) is 0.857. The second kappa shape index (κ2) is 6.72. The molecule has 0 spiro atoms. The largest absolute Gasteiger partial charge is 0.481 e. The van der Waals surface area contributed by atoms with Crippen molar-refractivity contribution in [1.29, 1.82) is 0 Å². The van der Waals surface area contributed by atoms with Crippen molar-refractivity contribution in [2.24, 2.45) is 0 Å². The van der Waals surface area contributed by atoms with E-state index in [-0.39, 0.29) is 25.1 Å². The van der Waals surface area contributed by atoms with Gasteiger partial charge < -0.3 is 15.3 Å². The average molecular weight is 241 g/mol. The molecule has 0 saturated heterocycles. The van der Waals surface area contributed by atoms with E-state index >= 15 is 0 Å². The summed E-state index contributed by atoms with van der Waals surface area (Å²) in [5.41, 5.74) is 0. The molecule has 0 aromatic rings. The van der Waals surface area contributed by atoms with Gasteiger partial charge in [-0.15, -0.1) is 0 Å². The van der Waals surface area contributed by atoms with Crippen LogP contribution in [0.4, 0.5) is 0 Å². The molecule has 4 N–H and O–H groups in total. The topological polar surface area (TPSA) is 124 Å². The SMILES string of the molecule is O=C(O)CCCS(=O)(=O)NCC(O)CO. The smallest absolute Gasteiger partial charge is 0.303 e. The van der Waals surface area contributed by atoms with Crippen LogP contribution in [0.3, 0.4) is 0 Å².